The number of quaternary nitrogens is 1. The van der Waals surface area contributed by atoms with Crippen molar-refractivity contribution < 1.29 is 42.1 Å². The number of carbonyl (C=O) groups is 2. The van der Waals surface area contributed by atoms with Gasteiger partial charge in [-0.25, -0.2) is 0 Å². The summed E-state index contributed by atoms with van der Waals surface area (Å²) in [4.78, 5) is 38.2. The van der Waals surface area contributed by atoms with Gasteiger partial charge in [-0.15, -0.1) is 0 Å². The van der Waals surface area contributed by atoms with Crippen LogP contribution in [0.5, 0.6) is 0 Å². The van der Waals surface area contributed by atoms with E-state index in [0.29, 0.717) is 23.9 Å². The Balaban J connectivity index is 4.19. The molecule has 0 radical (unpaired) electrons. The minimum atomic E-state index is -4.68. The first-order valence-electron chi connectivity index (χ1n) is 39.4. The van der Waals surface area contributed by atoms with Crippen LogP contribution in [0.1, 0.15) is 258 Å². The number of carbonyl (C=O) groups excluding carboxylic acids is 2. The number of phosphoric acid groups is 1. The highest BCUT2D eigenvalue weighted by Crippen LogP contribution is 2.38. The van der Waals surface area contributed by atoms with Gasteiger partial charge < -0.3 is 27.9 Å². The summed E-state index contributed by atoms with van der Waals surface area (Å²) in [6, 6.07) is 0. The first kappa shape index (κ1) is 95.5. The van der Waals surface area contributed by atoms with Gasteiger partial charge in [-0.3, -0.25) is 14.2 Å². The molecular formula is C92H142NO8P. The molecule has 0 heterocycles. The highest BCUT2D eigenvalue weighted by atomic mass is 31.2. The van der Waals surface area contributed by atoms with Gasteiger partial charge in [0.05, 0.1) is 27.7 Å². The van der Waals surface area contributed by atoms with Gasteiger partial charge >= 0.3 is 11.9 Å². The van der Waals surface area contributed by atoms with E-state index in [1.54, 1.807) is 0 Å². The van der Waals surface area contributed by atoms with Crippen molar-refractivity contribution in [2.24, 2.45) is 0 Å². The first-order chi connectivity index (χ1) is 50.0. The maximum atomic E-state index is 12.9. The first-order valence-corrected chi connectivity index (χ1v) is 40.9. The average molecular weight is 1420 g/mol. The van der Waals surface area contributed by atoms with Crippen LogP contribution in [0.4, 0.5) is 0 Å². The van der Waals surface area contributed by atoms with E-state index >= 15 is 0 Å². The summed E-state index contributed by atoms with van der Waals surface area (Å²) in [6.45, 7) is 3.93. The number of rotatable bonds is 69. The Morgan fingerprint density at radius 1 is 0.304 bits per heavy atom. The van der Waals surface area contributed by atoms with Gasteiger partial charge in [-0.05, 0) is 173 Å². The quantitative estimate of drug-likeness (QED) is 0.0195. The Labute approximate surface area is 625 Å². The van der Waals surface area contributed by atoms with Crippen molar-refractivity contribution in [1.29, 1.82) is 0 Å². The second-order valence-corrected chi connectivity index (χ2v) is 27.7. The number of allylic oxidation sites excluding steroid dienone is 42. The second-order valence-electron chi connectivity index (χ2n) is 26.3. The molecule has 10 heteroatoms. The molecule has 0 bridgehead atoms. The largest absolute Gasteiger partial charge is 0.756 e. The number of ether oxygens (including phenoxy) is 2. The van der Waals surface area contributed by atoms with Gasteiger partial charge in [0.1, 0.15) is 19.8 Å². The number of hydrogen-bond acceptors (Lipinski definition) is 8. The molecule has 0 aromatic heterocycles. The molecule has 2 unspecified atom stereocenters. The maximum Gasteiger partial charge on any atom is 0.306 e. The van der Waals surface area contributed by atoms with Crippen LogP contribution in [0.3, 0.4) is 0 Å². The summed E-state index contributed by atoms with van der Waals surface area (Å²) in [7, 11) is 1.10. The molecule has 0 aromatic carbocycles. The van der Waals surface area contributed by atoms with Crippen LogP contribution in [0.25, 0.3) is 0 Å². The number of unbranched alkanes of at least 4 members (excludes halogenated alkanes) is 13. The van der Waals surface area contributed by atoms with Crippen LogP contribution in [0.2, 0.25) is 0 Å². The van der Waals surface area contributed by atoms with Crippen molar-refractivity contribution in [2.75, 3.05) is 47.5 Å². The van der Waals surface area contributed by atoms with E-state index in [4.69, 9.17) is 18.5 Å². The topological polar surface area (TPSA) is 111 Å². The average Bonchev–Trinajstić information content (AvgIpc) is 0.914. The fourth-order valence-electron chi connectivity index (χ4n) is 9.63. The molecule has 0 saturated carbocycles. The molecule has 0 aliphatic rings. The molecule has 0 fully saturated rings. The molecule has 0 amide bonds. The van der Waals surface area contributed by atoms with E-state index in [1.165, 1.54) is 44.9 Å². The minimum Gasteiger partial charge on any atom is -0.756 e. The van der Waals surface area contributed by atoms with E-state index in [1.807, 2.05) is 21.1 Å². The number of hydrogen-bond donors (Lipinski definition) is 0. The lowest BCUT2D eigenvalue weighted by atomic mass is 10.0. The fraction of sp³-hybridized carbons (Fsp3) is 0.522. The van der Waals surface area contributed by atoms with Crippen molar-refractivity contribution in [3.05, 3.63) is 255 Å². The van der Waals surface area contributed by atoms with Crippen molar-refractivity contribution in [3.8, 4) is 0 Å². The van der Waals surface area contributed by atoms with Crippen LogP contribution in [-0.4, -0.2) is 70.0 Å². The summed E-state index contributed by atoms with van der Waals surface area (Å²) in [5.41, 5.74) is 0. The number of nitrogens with zero attached hydrogens (tertiary/aromatic N) is 1. The summed E-state index contributed by atoms with van der Waals surface area (Å²) < 4.78 is 34.3. The minimum absolute atomic E-state index is 0.0536. The summed E-state index contributed by atoms with van der Waals surface area (Å²) in [6.07, 6.45) is 129. The molecule has 102 heavy (non-hydrogen) atoms. The Bertz CT molecular complexity index is 2680. The van der Waals surface area contributed by atoms with Crippen LogP contribution in [-0.2, 0) is 32.7 Å². The lowest BCUT2D eigenvalue weighted by Crippen LogP contribution is -2.37. The van der Waals surface area contributed by atoms with Crippen molar-refractivity contribution in [2.45, 2.75) is 264 Å². The molecule has 0 N–H and O–H groups in total. The Hall–Kier alpha value is -6.45. The summed E-state index contributed by atoms with van der Waals surface area (Å²) in [5, 5.41) is 0. The van der Waals surface area contributed by atoms with E-state index in [9.17, 15) is 19.0 Å². The second kappa shape index (κ2) is 78.7. The third-order valence-corrected chi connectivity index (χ3v) is 16.5. The van der Waals surface area contributed by atoms with E-state index < -0.39 is 32.5 Å². The van der Waals surface area contributed by atoms with Gasteiger partial charge in [0.25, 0.3) is 7.82 Å². The molecule has 0 rings (SSSR count). The molecule has 0 aliphatic carbocycles. The normalized spacial score (nSPS) is 14.5. The zero-order chi connectivity index (χ0) is 74.0. The van der Waals surface area contributed by atoms with Crippen LogP contribution < -0.4 is 4.89 Å². The molecule has 9 nitrogen and oxygen atoms in total. The zero-order valence-electron chi connectivity index (χ0n) is 64.7. The fourth-order valence-corrected chi connectivity index (χ4v) is 10.4. The van der Waals surface area contributed by atoms with Gasteiger partial charge in [0.15, 0.2) is 6.10 Å². The Morgan fingerprint density at radius 3 is 0.804 bits per heavy atom. The van der Waals surface area contributed by atoms with E-state index in [2.05, 4.69) is 269 Å². The lowest BCUT2D eigenvalue weighted by Gasteiger charge is -2.28. The van der Waals surface area contributed by atoms with Crippen LogP contribution in [0, 0.1) is 0 Å². The number of likely N-dealkylation sites (N-methyl/N-ethyl adjacent to an activating group) is 1. The molecule has 0 saturated heterocycles. The molecule has 2 atom stereocenters. The van der Waals surface area contributed by atoms with Crippen molar-refractivity contribution in [3.63, 3.8) is 0 Å². The molecule has 568 valence electrons. The summed E-state index contributed by atoms with van der Waals surface area (Å²) in [5.74, 6) is -0.906. The van der Waals surface area contributed by atoms with Crippen LogP contribution >= 0.6 is 7.82 Å². The summed E-state index contributed by atoms with van der Waals surface area (Å²) >= 11 is 0. The Kier molecular flexibility index (Phi) is 73.7. The maximum absolute atomic E-state index is 12.9. The standard InChI is InChI=1S/C92H142NO8P/c1-6-8-10-12-14-16-18-20-22-24-26-28-30-32-34-36-38-40-42-44-46-48-50-52-54-56-58-60-62-64-66-68-70-72-74-76-78-80-82-84-91(94)98-88-90(89-100-102(96,97)99-87-86-93(3,4)5)101-92(95)85-83-81-79-77-75-73-71-69-67-65-63-61-59-57-55-53-51-49-47-45-43-41-39-37-35-33-31-29-27-25-23-21-19-17-15-13-11-9-7-2/h8-11,14-17,20-23,26-29,32-35,38-41,44-47,50-53,56-59,63,65,69,71,75,77,90H,6-7,12-13,18-19,24-25,30-31,36-37,42-43,48-49,54-55,60-62,64,66-68,70,72-74,76,78-89H2,1-5H3/b10-8-,11-9-,16-14-,17-15-,22-20-,23-21-,28-26-,29-27-,34-32-,35-33-,40-38-,41-39-,46-44-,47-45-,52-50-,53-51-,58-56-,59-57-,65-63-,71-69-,77-75-. The lowest BCUT2D eigenvalue weighted by molar-refractivity contribution is -0.870. The molecule has 0 aromatic rings. The van der Waals surface area contributed by atoms with Crippen molar-refractivity contribution in [1.82, 2.24) is 0 Å². The van der Waals surface area contributed by atoms with E-state index in [0.717, 1.165) is 173 Å². The predicted octanol–water partition coefficient (Wildman–Crippen LogP) is 26.2. The monoisotopic (exact) mass is 1420 g/mol. The smallest absolute Gasteiger partial charge is 0.306 e. The van der Waals surface area contributed by atoms with Gasteiger partial charge in [-0.2, -0.15) is 0 Å². The molecule has 0 aliphatic heterocycles. The van der Waals surface area contributed by atoms with Gasteiger partial charge in [-0.1, -0.05) is 327 Å². The highest BCUT2D eigenvalue weighted by molar-refractivity contribution is 7.45. The van der Waals surface area contributed by atoms with Gasteiger partial charge in [0.2, 0.25) is 0 Å². The third-order valence-electron chi connectivity index (χ3n) is 15.6. The highest BCUT2D eigenvalue weighted by Gasteiger charge is 2.22. The molecule has 0 spiro atoms. The van der Waals surface area contributed by atoms with Crippen LogP contribution in [0.15, 0.2) is 255 Å². The van der Waals surface area contributed by atoms with Gasteiger partial charge in [0, 0.05) is 12.8 Å². The SMILES string of the molecule is CC/C=C\C/C=C\C/C=C\C/C=C\C/C=C\C/C=C\C/C=C\C/C=C\C/C=C\C/C=C\C/C=C\C/C=C\CCCCC(=O)OC(COC(=O)CCCCCCCCCCCCC/C=C\C/C=C\C/C=C\C/C=C\C/C=C\C/C=C\C/C=C\C/C=C\C/C=C\CC)COP(=O)([O-])OCC[N+](C)(C)C. The van der Waals surface area contributed by atoms with E-state index in [-0.39, 0.29) is 26.1 Å². The third kappa shape index (κ3) is 82.5. The number of phosphoric ester groups is 1. The zero-order valence-corrected chi connectivity index (χ0v) is 65.6. The van der Waals surface area contributed by atoms with Crippen molar-refractivity contribution >= 4 is 19.8 Å². The Morgan fingerprint density at radius 2 is 0.529 bits per heavy atom. The predicted molar refractivity (Wildman–Crippen MR) is 442 cm³/mol. The number of esters is 2. The molecular weight excluding hydrogens is 1280 g/mol.